The molecule has 1 aromatic carbocycles. The Morgan fingerprint density at radius 2 is 2.05 bits per heavy atom. The molecule has 1 heterocycles. The SMILES string of the molecule is CN(Cc1ccc(OC(F)F)cc1)CC1CCCCO1. The van der Waals surface area contributed by atoms with Crippen molar-refractivity contribution in [2.45, 2.75) is 38.5 Å². The van der Waals surface area contributed by atoms with E-state index in [2.05, 4.69) is 9.64 Å². The molecule has 5 heteroatoms. The quantitative estimate of drug-likeness (QED) is 0.800. The zero-order chi connectivity index (χ0) is 14.4. The van der Waals surface area contributed by atoms with Gasteiger partial charge < -0.3 is 9.47 Å². The van der Waals surface area contributed by atoms with Crippen molar-refractivity contribution in [1.29, 1.82) is 0 Å². The Bertz CT molecular complexity index is 391. The molecule has 1 aromatic rings. The number of hydrogen-bond donors (Lipinski definition) is 0. The second-order valence-electron chi connectivity index (χ2n) is 5.21. The zero-order valence-corrected chi connectivity index (χ0v) is 11.7. The molecule has 0 aliphatic carbocycles. The minimum absolute atomic E-state index is 0.196. The van der Waals surface area contributed by atoms with Gasteiger partial charge in [0.15, 0.2) is 0 Å². The summed E-state index contributed by atoms with van der Waals surface area (Å²) in [5.74, 6) is 0.196. The van der Waals surface area contributed by atoms with Crippen molar-refractivity contribution in [2.75, 3.05) is 20.2 Å². The summed E-state index contributed by atoms with van der Waals surface area (Å²) in [6.45, 7) is -0.241. The van der Waals surface area contributed by atoms with E-state index < -0.39 is 6.61 Å². The van der Waals surface area contributed by atoms with E-state index in [0.29, 0.717) is 6.10 Å². The molecule has 1 saturated heterocycles. The van der Waals surface area contributed by atoms with Crippen LogP contribution >= 0.6 is 0 Å². The lowest BCUT2D eigenvalue weighted by atomic mass is 10.1. The third-order valence-corrected chi connectivity index (χ3v) is 3.39. The summed E-state index contributed by atoms with van der Waals surface area (Å²) < 4.78 is 34.1. The molecule has 0 spiro atoms. The summed E-state index contributed by atoms with van der Waals surface area (Å²) in [7, 11) is 2.04. The Morgan fingerprint density at radius 3 is 2.65 bits per heavy atom. The van der Waals surface area contributed by atoms with Crippen LogP contribution in [0.3, 0.4) is 0 Å². The van der Waals surface area contributed by atoms with Gasteiger partial charge in [-0.25, -0.2) is 0 Å². The highest BCUT2D eigenvalue weighted by atomic mass is 19.3. The third-order valence-electron chi connectivity index (χ3n) is 3.39. The fourth-order valence-corrected chi connectivity index (χ4v) is 2.45. The lowest BCUT2D eigenvalue weighted by Crippen LogP contribution is -2.33. The molecule has 1 aliphatic heterocycles. The van der Waals surface area contributed by atoms with E-state index in [0.717, 1.165) is 38.1 Å². The zero-order valence-electron chi connectivity index (χ0n) is 11.7. The van der Waals surface area contributed by atoms with Crippen molar-refractivity contribution in [1.82, 2.24) is 4.90 Å². The van der Waals surface area contributed by atoms with Gasteiger partial charge in [-0.2, -0.15) is 8.78 Å². The molecule has 0 radical (unpaired) electrons. The molecule has 0 saturated carbocycles. The second kappa shape index (κ2) is 7.55. The van der Waals surface area contributed by atoms with E-state index in [4.69, 9.17) is 4.74 Å². The lowest BCUT2D eigenvalue weighted by Gasteiger charge is -2.27. The van der Waals surface area contributed by atoms with Gasteiger partial charge in [-0.1, -0.05) is 12.1 Å². The number of rotatable bonds is 6. The standard InChI is InChI=1S/C15H21F2NO2/c1-18(11-14-4-2-3-9-19-14)10-12-5-7-13(8-6-12)20-15(16)17/h5-8,14-15H,2-4,9-11H2,1H3. The molecule has 0 N–H and O–H groups in total. The second-order valence-corrected chi connectivity index (χ2v) is 5.21. The lowest BCUT2D eigenvalue weighted by molar-refractivity contribution is -0.0498. The molecule has 0 amide bonds. The molecule has 20 heavy (non-hydrogen) atoms. The Labute approximate surface area is 118 Å². The van der Waals surface area contributed by atoms with E-state index in [9.17, 15) is 8.78 Å². The van der Waals surface area contributed by atoms with E-state index in [-0.39, 0.29) is 5.75 Å². The predicted molar refractivity (Wildman–Crippen MR) is 73.0 cm³/mol. The number of nitrogens with zero attached hydrogens (tertiary/aromatic N) is 1. The Balaban J connectivity index is 1.79. The molecule has 0 bridgehead atoms. The minimum atomic E-state index is -2.77. The van der Waals surface area contributed by atoms with Crippen LogP contribution in [0, 0.1) is 0 Å². The molecular weight excluding hydrogens is 264 g/mol. The molecule has 2 rings (SSSR count). The summed E-state index contributed by atoms with van der Waals surface area (Å²) in [5, 5.41) is 0. The van der Waals surface area contributed by atoms with Gasteiger partial charge >= 0.3 is 6.61 Å². The third kappa shape index (κ3) is 5.06. The smallest absolute Gasteiger partial charge is 0.387 e. The maximum Gasteiger partial charge on any atom is 0.387 e. The van der Waals surface area contributed by atoms with Crippen LogP contribution in [0.25, 0.3) is 0 Å². The van der Waals surface area contributed by atoms with Gasteiger partial charge in [-0.15, -0.1) is 0 Å². The molecule has 1 atom stereocenters. The van der Waals surface area contributed by atoms with E-state index in [1.807, 2.05) is 19.2 Å². The van der Waals surface area contributed by atoms with Gasteiger partial charge in [0.1, 0.15) is 5.75 Å². The van der Waals surface area contributed by atoms with Crippen molar-refractivity contribution >= 4 is 0 Å². The first-order valence-electron chi connectivity index (χ1n) is 6.97. The molecule has 1 unspecified atom stereocenters. The van der Waals surface area contributed by atoms with Gasteiger partial charge in [0.25, 0.3) is 0 Å². The van der Waals surface area contributed by atoms with Crippen molar-refractivity contribution in [3.63, 3.8) is 0 Å². The van der Waals surface area contributed by atoms with Gasteiger partial charge in [-0.3, -0.25) is 4.90 Å². The Hall–Kier alpha value is -1.20. The van der Waals surface area contributed by atoms with Crippen LogP contribution in [0.4, 0.5) is 8.78 Å². The molecule has 1 aliphatic rings. The van der Waals surface area contributed by atoms with Gasteiger partial charge in [0.2, 0.25) is 0 Å². The number of halogens is 2. The molecule has 1 fully saturated rings. The monoisotopic (exact) mass is 285 g/mol. The summed E-state index contributed by atoms with van der Waals surface area (Å²) in [6.07, 6.45) is 3.82. The summed E-state index contributed by atoms with van der Waals surface area (Å²) in [4.78, 5) is 2.19. The fraction of sp³-hybridized carbons (Fsp3) is 0.600. The van der Waals surface area contributed by atoms with Crippen LogP contribution in [0.2, 0.25) is 0 Å². The van der Waals surface area contributed by atoms with Crippen molar-refractivity contribution in [3.05, 3.63) is 29.8 Å². The highest BCUT2D eigenvalue weighted by Gasteiger charge is 2.15. The number of benzene rings is 1. The maximum absolute atomic E-state index is 12.0. The average Bonchev–Trinajstić information content (AvgIpc) is 2.41. The van der Waals surface area contributed by atoms with Gasteiger partial charge in [0, 0.05) is 19.7 Å². The maximum atomic E-state index is 12.0. The van der Waals surface area contributed by atoms with Crippen LogP contribution in [0.1, 0.15) is 24.8 Å². The van der Waals surface area contributed by atoms with Crippen molar-refractivity contribution in [3.8, 4) is 5.75 Å². The first-order valence-corrected chi connectivity index (χ1v) is 6.97. The summed E-state index contributed by atoms with van der Waals surface area (Å²) >= 11 is 0. The number of hydrogen-bond acceptors (Lipinski definition) is 3. The van der Waals surface area contributed by atoms with Crippen LogP contribution < -0.4 is 4.74 Å². The van der Waals surface area contributed by atoms with Crippen molar-refractivity contribution < 1.29 is 18.3 Å². The Kier molecular flexibility index (Phi) is 5.73. The highest BCUT2D eigenvalue weighted by Crippen LogP contribution is 2.17. The summed E-state index contributed by atoms with van der Waals surface area (Å²) in [5.41, 5.74) is 1.07. The van der Waals surface area contributed by atoms with Crippen LogP contribution in [0.15, 0.2) is 24.3 Å². The van der Waals surface area contributed by atoms with Crippen LogP contribution in [0.5, 0.6) is 5.75 Å². The molecule has 112 valence electrons. The largest absolute Gasteiger partial charge is 0.435 e. The molecule has 0 aromatic heterocycles. The van der Waals surface area contributed by atoms with Crippen LogP contribution in [-0.2, 0) is 11.3 Å². The first kappa shape index (κ1) is 15.2. The Morgan fingerprint density at radius 1 is 1.30 bits per heavy atom. The minimum Gasteiger partial charge on any atom is -0.435 e. The van der Waals surface area contributed by atoms with E-state index in [1.165, 1.54) is 6.42 Å². The highest BCUT2D eigenvalue weighted by molar-refractivity contribution is 5.27. The number of ether oxygens (including phenoxy) is 2. The first-order chi connectivity index (χ1) is 9.63. The summed E-state index contributed by atoms with van der Waals surface area (Å²) in [6, 6.07) is 6.78. The van der Waals surface area contributed by atoms with Gasteiger partial charge in [0.05, 0.1) is 6.10 Å². The van der Waals surface area contributed by atoms with Crippen LogP contribution in [-0.4, -0.2) is 37.8 Å². The predicted octanol–water partition coefficient (Wildman–Crippen LogP) is 3.29. The number of alkyl halides is 2. The molecule has 3 nitrogen and oxygen atoms in total. The van der Waals surface area contributed by atoms with Gasteiger partial charge in [-0.05, 0) is 44.0 Å². The fourth-order valence-electron chi connectivity index (χ4n) is 2.45. The van der Waals surface area contributed by atoms with E-state index >= 15 is 0 Å². The number of likely N-dealkylation sites (N-methyl/N-ethyl adjacent to an activating group) is 1. The normalized spacial score (nSPS) is 19.6. The van der Waals surface area contributed by atoms with E-state index in [1.54, 1.807) is 12.1 Å². The van der Waals surface area contributed by atoms with Crippen molar-refractivity contribution in [2.24, 2.45) is 0 Å². The average molecular weight is 285 g/mol. The topological polar surface area (TPSA) is 21.7 Å². The molecular formula is C15H21F2NO2.